The van der Waals surface area contributed by atoms with Crippen LogP contribution in [0.4, 0.5) is 0 Å². The van der Waals surface area contributed by atoms with Crippen LogP contribution in [0.1, 0.15) is 26.2 Å². The lowest BCUT2D eigenvalue weighted by molar-refractivity contribution is -0.123. The number of carbonyl (C=O) groups excluding carboxylic acids is 1. The summed E-state index contributed by atoms with van der Waals surface area (Å²) in [5.41, 5.74) is 5.74. The van der Waals surface area contributed by atoms with Gasteiger partial charge in [-0.05, 0) is 33.2 Å². The standard InChI is InChI=1S/C13H23N3O/c1-9(16(2)12-5-6-12)8-15-13(17)10-3-4-11(14)7-10/h3-4,9-12H,5-8,14H2,1-2H3,(H,15,17). The molecule has 0 aromatic heterocycles. The summed E-state index contributed by atoms with van der Waals surface area (Å²) in [5.74, 6) is 0.0914. The number of nitrogens with one attached hydrogen (secondary N) is 1. The predicted octanol–water partition coefficient (Wildman–Crippen LogP) is 0.489. The predicted molar refractivity (Wildman–Crippen MR) is 68.5 cm³/mol. The monoisotopic (exact) mass is 237 g/mol. The van der Waals surface area contributed by atoms with E-state index in [0.717, 1.165) is 19.0 Å². The van der Waals surface area contributed by atoms with E-state index >= 15 is 0 Å². The Hall–Kier alpha value is -0.870. The maximum Gasteiger partial charge on any atom is 0.227 e. The van der Waals surface area contributed by atoms with Crippen molar-refractivity contribution in [3.8, 4) is 0 Å². The molecule has 2 aliphatic rings. The van der Waals surface area contributed by atoms with Crippen LogP contribution in [0.25, 0.3) is 0 Å². The zero-order chi connectivity index (χ0) is 12.4. The zero-order valence-electron chi connectivity index (χ0n) is 10.7. The van der Waals surface area contributed by atoms with Gasteiger partial charge in [-0.25, -0.2) is 0 Å². The molecule has 2 aliphatic carbocycles. The lowest BCUT2D eigenvalue weighted by Gasteiger charge is -2.25. The van der Waals surface area contributed by atoms with Crippen LogP contribution in [-0.2, 0) is 4.79 Å². The quantitative estimate of drug-likeness (QED) is 0.684. The summed E-state index contributed by atoms with van der Waals surface area (Å²) < 4.78 is 0. The Balaban J connectivity index is 1.70. The molecular formula is C13H23N3O. The van der Waals surface area contributed by atoms with Gasteiger partial charge in [0, 0.05) is 24.7 Å². The molecule has 1 fully saturated rings. The van der Waals surface area contributed by atoms with Crippen LogP contribution in [0, 0.1) is 5.92 Å². The van der Waals surface area contributed by atoms with Gasteiger partial charge in [0.05, 0.1) is 5.92 Å². The molecule has 1 saturated carbocycles. The van der Waals surface area contributed by atoms with E-state index in [-0.39, 0.29) is 17.9 Å². The molecule has 96 valence electrons. The van der Waals surface area contributed by atoms with Gasteiger partial charge in [-0.1, -0.05) is 12.2 Å². The second-order valence-corrected chi connectivity index (χ2v) is 5.38. The molecular weight excluding hydrogens is 214 g/mol. The van der Waals surface area contributed by atoms with Crippen LogP contribution in [0.3, 0.4) is 0 Å². The number of likely N-dealkylation sites (N-methyl/N-ethyl adjacent to an activating group) is 1. The highest BCUT2D eigenvalue weighted by atomic mass is 16.1. The van der Waals surface area contributed by atoms with Crippen molar-refractivity contribution in [2.24, 2.45) is 11.7 Å². The molecule has 17 heavy (non-hydrogen) atoms. The molecule has 4 nitrogen and oxygen atoms in total. The van der Waals surface area contributed by atoms with Gasteiger partial charge >= 0.3 is 0 Å². The Labute approximate surface area is 103 Å². The van der Waals surface area contributed by atoms with E-state index in [1.165, 1.54) is 12.8 Å². The fourth-order valence-electron chi connectivity index (χ4n) is 2.29. The van der Waals surface area contributed by atoms with Crippen molar-refractivity contribution < 1.29 is 4.79 Å². The lowest BCUT2D eigenvalue weighted by Crippen LogP contribution is -2.42. The fourth-order valence-corrected chi connectivity index (χ4v) is 2.29. The molecule has 1 amide bonds. The minimum Gasteiger partial charge on any atom is -0.354 e. The van der Waals surface area contributed by atoms with Crippen LogP contribution >= 0.6 is 0 Å². The lowest BCUT2D eigenvalue weighted by atomic mass is 10.1. The molecule has 3 unspecified atom stereocenters. The number of amides is 1. The van der Waals surface area contributed by atoms with Gasteiger partial charge in [0.2, 0.25) is 5.91 Å². The molecule has 0 bridgehead atoms. The average molecular weight is 237 g/mol. The SMILES string of the molecule is CC(CNC(=O)C1C=CC(N)C1)N(C)C1CC1. The molecule has 0 aliphatic heterocycles. The highest BCUT2D eigenvalue weighted by Crippen LogP contribution is 2.26. The van der Waals surface area contributed by atoms with Crippen molar-refractivity contribution in [2.75, 3.05) is 13.6 Å². The Morgan fingerprint density at radius 3 is 2.76 bits per heavy atom. The van der Waals surface area contributed by atoms with Crippen LogP contribution < -0.4 is 11.1 Å². The number of carbonyl (C=O) groups is 1. The maximum atomic E-state index is 11.9. The molecule has 0 saturated heterocycles. The smallest absolute Gasteiger partial charge is 0.227 e. The van der Waals surface area contributed by atoms with Crippen LogP contribution in [0.2, 0.25) is 0 Å². The van der Waals surface area contributed by atoms with Crippen LogP contribution in [0.15, 0.2) is 12.2 Å². The van der Waals surface area contributed by atoms with Gasteiger partial charge in [-0.3, -0.25) is 9.69 Å². The molecule has 0 aromatic rings. The topological polar surface area (TPSA) is 58.4 Å². The summed E-state index contributed by atoms with van der Waals surface area (Å²) in [6.07, 6.45) is 7.20. The molecule has 0 radical (unpaired) electrons. The third-order valence-corrected chi connectivity index (χ3v) is 3.84. The first-order valence-corrected chi connectivity index (χ1v) is 6.51. The first-order valence-electron chi connectivity index (χ1n) is 6.51. The van der Waals surface area contributed by atoms with E-state index in [1.807, 2.05) is 12.2 Å². The third kappa shape index (κ3) is 3.30. The second-order valence-electron chi connectivity index (χ2n) is 5.38. The molecule has 3 N–H and O–H groups in total. The summed E-state index contributed by atoms with van der Waals surface area (Å²) in [7, 11) is 2.14. The summed E-state index contributed by atoms with van der Waals surface area (Å²) in [4.78, 5) is 14.2. The highest BCUT2D eigenvalue weighted by molar-refractivity contribution is 5.81. The largest absolute Gasteiger partial charge is 0.354 e. The number of hydrogen-bond donors (Lipinski definition) is 2. The Morgan fingerprint density at radius 1 is 1.53 bits per heavy atom. The molecule has 0 aromatic carbocycles. The van der Waals surface area contributed by atoms with Gasteiger partial charge in [0.25, 0.3) is 0 Å². The molecule has 0 heterocycles. The van der Waals surface area contributed by atoms with E-state index in [4.69, 9.17) is 5.73 Å². The minimum absolute atomic E-state index is 0.0246. The van der Waals surface area contributed by atoms with Gasteiger partial charge in [0.15, 0.2) is 0 Å². The fraction of sp³-hybridized carbons (Fsp3) is 0.769. The van der Waals surface area contributed by atoms with Crippen LogP contribution in [-0.4, -0.2) is 42.5 Å². The number of hydrogen-bond acceptors (Lipinski definition) is 3. The summed E-state index contributed by atoms with van der Waals surface area (Å²) in [6.45, 7) is 2.89. The normalized spacial score (nSPS) is 29.6. The van der Waals surface area contributed by atoms with Crippen molar-refractivity contribution in [3.05, 3.63) is 12.2 Å². The third-order valence-electron chi connectivity index (χ3n) is 3.84. The van der Waals surface area contributed by atoms with Crippen molar-refractivity contribution in [2.45, 2.75) is 44.3 Å². The average Bonchev–Trinajstić information content (AvgIpc) is 3.07. The van der Waals surface area contributed by atoms with E-state index < -0.39 is 0 Å². The summed E-state index contributed by atoms with van der Waals surface area (Å²) in [5, 5.41) is 3.02. The molecule has 0 spiro atoms. The van der Waals surface area contributed by atoms with Crippen molar-refractivity contribution in [1.82, 2.24) is 10.2 Å². The van der Waals surface area contributed by atoms with Crippen molar-refractivity contribution in [3.63, 3.8) is 0 Å². The molecule has 2 rings (SSSR count). The van der Waals surface area contributed by atoms with Crippen LogP contribution in [0.5, 0.6) is 0 Å². The summed E-state index contributed by atoms with van der Waals surface area (Å²) in [6, 6.07) is 1.20. The number of rotatable bonds is 5. The Morgan fingerprint density at radius 2 is 2.24 bits per heavy atom. The van der Waals surface area contributed by atoms with E-state index in [9.17, 15) is 4.79 Å². The minimum atomic E-state index is -0.0246. The zero-order valence-corrected chi connectivity index (χ0v) is 10.7. The van der Waals surface area contributed by atoms with Gasteiger partial charge in [-0.2, -0.15) is 0 Å². The second kappa shape index (κ2) is 5.19. The Bertz CT molecular complexity index is 312. The van der Waals surface area contributed by atoms with Gasteiger partial charge in [-0.15, -0.1) is 0 Å². The summed E-state index contributed by atoms with van der Waals surface area (Å²) >= 11 is 0. The van der Waals surface area contributed by atoms with Gasteiger partial charge in [0.1, 0.15) is 0 Å². The first-order chi connectivity index (χ1) is 8.08. The number of nitrogens with two attached hydrogens (primary N) is 1. The van der Waals surface area contributed by atoms with Crippen molar-refractivity contribution >= 4 is 5.91 Å². The maximum absolute atomic E-state index is 11.9. The van der Waals surface area contributed by atoms with E-state index in [2.05, 4.69) is 24.2 Å². The number of nitrogens with zero attached hydrogens (tertiary/aromatic N) is 1. The van der Waals surface area contributed by atoms with E-state index in [0.29, 0.717) is 6.04 Å². The van der Waals surface area contributed by atoms with Gasteiger partial charge < -0.3 is 11.1 Å². The molecule has 4 heteroatoms. The Kier molecular flexibility index (Phi) is 3.84. The molecule has 3 atom stereocenters. The van der Waals surface area contributed by atoms with E-state index in [1.54, 1.807) is 0 Å². The van der Waals surface area contributed by atoms with Crippen molar-refractivity contribution in [1.29, 1.82) is 0 Å². The first kappa shape index (κ1) is 12.6. The highest BCUT2D eigenvalue weighted by Gasteiger charge is 2.29.